The zero-order chi connectivity index (χ0) is 12.8. The standard InChI is InChI=1S/C13H25N3O/c1-11(2)5-8-14-13(17)16(4)12-6-9-15(3)10-7-12/h5,8,11-12H,6-7,9-10H2,1-4H3,(H,14,17)/b8-5+. The van der Waals surface area contributed by atoms with Crippen molar-refractivity contribution in [1.82, 2.24) is 15.1 Å². The number of rotatable bonds is 3. The Kier molecular flexibility index (Phi) is 5.48. The summed E-state index contributed by atoms with van der Waals surface area (Å²) >= 11 is 0. The molecule has 1 heterocycles. The maximum Gasteiger partial charge on any atom is 0.321 e. The maximum atomic E-state index is 11.9. The highest BCUT2D eigenvalue weighted by Gasteiger charge is 2.23. The molecule has 0 aliphatic carbocycles. The van der Waals surface area contributed by atoms with Crippen LogP contribution >= 0.6 is 0 Å². The van der Waals surface area contributed by atoms with Gasteiger partial charge in [0.25, 0.3) is 0 Å². The van der Waals surface area contributed by atoms with Gasteiger partial charge in [-0.25, -0.2) is 4.79 Å². The van der Waals surface area contributed by atoms with Gasteiger partial charge in [-0.2, -0.15) is 0 Å². The van der Waals surface area contributed by atoms with Gasteiger partial charge in [-0.1, -0.05) is 19.9 Å². The van der Waals surface area contributed by atoms with E-state index in [1.165, 1.54) is 0 Å². The number of amides is 2. The van der Waals surface area contributed by atoms with Gasteiger partial charge >= 0.3 is 6.03 Å². The van der Waals surface area contributed by atoms with E-state index in [0.29, 0.717) is 12.0 Å². The van der Waals surface area contributed by atoms with Crippen molar-refractivity contribution in [3.63, 3.8) is 0 Å². The Labute approximate surface area is 105 Å². The van der Waals surface area contributed by atoms with Gasteiger partial charge in [0, 0.05) is 19.3 Å². The van der Waals surface area contributed by atoms with E-state index in [1.807, 2.05) is 18.0 Å². The third-order valence-corrected chi connectivity index (χ3v) is 3.24. The summed E-state index contributed by atoms with van der Waals surface area (Å²) in [5.41, 5.74) is 0. The molecule has 0 bridgehead atoms. The van der Waals surface area contributed by atoms with Crippen LogP contribution in [0, 0.1) is 5.92 Å². The third-order valence-electron chi connectivity index (χ3n) is 3.24. The van der Waals surface area contributed by atoms with E-state index in [1.54, 1.807) is 6.20 Å². The van der Waals surface area contributed by atoms with Gasteiger partial charge in [0.15, 0.2) is 0 Å². The van der Waals surface area contributed by atoms with Crippen LogP contribution in [0.5, 0.6) is 0 Å². The Hall–Kier alpha value is -1.03. The van der Waals surface area contributed by atoms with Gasteiger partial charge < -0.3 is 15.1 Å². The van der Waals surface area contributed by atoms with E-state index in [9.17, 15) is 4.79 Å². The highest BCUT2D eigenvalue weighted by atomic mass is 16.2. The highest BCUT2D eigenvalue weighted by molar-refractivity contribution is 5.75. The number of hydrogen-bond acceptors (Lipinski definition) is 2. The summed E-state index contributed by atoms with van der Waals surface area (Å²) in [5.74, 6) is 0.462. The number of carbonyl (C=O) groups excluding carboxylic acids is 1. The van der Waals surface area contributed by atoms with E-state index >= 15 is 0 Å². The number of allylic oxidation sites excluding steroid dienone is 1. The topological polar surface area (TPSA) is 35.6 Å². The van der Waals surface area contributed by atoms with Gasteiger partial charge in [0.2, 0.25) is 0 Å². The minimum absolute atomic E-state index is 0.00328. The largest absolute Gasteiger partial charge is 0.325 e. The van der Waals surface area contributed by atoms with Crippen LogP contribution in [-0.4, -0.2) is 49.1 Å². The highest BCUT2D eigenvalue weighted by Crippen LogP contribution is 2.13. The van der Waals surface area contributed by atoms with Crippen molar-refractivity contribution in [2.45, 2.75) is 32.7 Å². The summed E-state index contributed by atoms with van der Waals surface area (Å²) in [6, 6.07) is 0.370. The molecule has 0 aromatic carbocycles. The van der Waals surface area contributed by atoms with Crippen molar-refractivity contribution >= 4 is 6.03 Å². The fraction of sp³-hybridized carbons (Fsp3) is 0.769. The number of nitrogens with zero attached hydrogens (tertiary/aromatic N) is 2. The van der Waals surface area contributed by atoms with Crippen molar-refractivity contribution in [3.05, 3.63) is 12.3 Å². The van der Waals surface area contributed by atoms with Crippen LogP contribution in [0.2, 0.25) is 0 Å². The number of urea groups is 1. The molecule has 4 nitrogen and oxygen atoms in total. The van der Waals surface area contributed by atoms with Gasteiger partial charge in [-0.05, 0) is 38.9 Å². The molecule has 1 saturated heterocycles. The molecule has 4 heteroatoms. The average molecular weight is 239 g/mol. The summed E-state index contributed by atoms with van der Waals surface area (Å²) in [7, 11) is 4.01. The van der Waals surface area contributed by atoms with Crippen LogP contribution < -0.4 is 5.32 Å². The number of carbonyl (C=O) groups is 1. The predicted octanol–water partition coefficient (Wildman–Crippen LogP) is 1.89. The summed E-state index contributed by atoms with van der Waals surface area (Å²) in [4.78, 5) is 16.0. The second kappa shape index (κ2) is 6.64. The molecular weight excluding hydrogens is 214 g/mol. The molecule has 0 aromatic rings. The first-order valence-electron chi connectivity index (χ1n) is 6.39. The molecule has 1 aliphatic heterocycles. The Balaban J connectivity index is 2.36. The Morgan fingerprint density at radius 1 is 1.41 bits per heavy atom. The molecule has 0 unspecified atom stereocenters. The lowest BCUT2D eigenvalue weighted by molar-refractivity contribution is 0.150. The second-order valence-corrected chi connectivity index (χ2v) is 5.20. The van der Waals surface area contributed by atoms with Crippen LogP contribution in [0.4, 0.5) is 4.79 Å². The smallest absolute Gasteiger partial charge is 0.321 e. The minimum Gasteiger partial charge on any atom is -0.325 e. The van der Waals surface area contributed by atoms with E-state index < -0.39 is 0 Å². The van der Waals surface area contributed by atoms with Crippen LogP contribution in [-0.2, 0) is 0 Å². The van der Waals surface area contributed by atoms with Crippen LogP contribution in [0.3, 0.4) is 0 Å². The number of likely N-dealkylation sites (tertiary alicyclic amines) is 1. The normalized spacial score (nSPS) is 18.9. The molecule has 17 heavy (non-hydrogen) atoms. The van der Waals surface area contributed by atoms with Crippen molar-refractivity contribution in [1.29, 1.82) is 0 Å². The number of piperidine rings is 1. The summed E-state index contributed by atoms with van der Waals surface area (Å²) in [6.07, 6.45) is 5.86. The molecule has 1 fully saturated rings. The first-order chi connectivity index (χ1) is 8.00. The lowest BCUT2D eigenvalue weighted by Gasteiger charge is -2.34. The quantitative estimate of drug-likeness (QED) is 0.816. The Morgan fingerprint density at radius 2 is 2.00 bits per heavy atom. The molecule has 0 aromatic heterocycles. The van der Waals surface area contributed by atoms with Crippen molar-refractivity contribution < 1.29 is 4.79 Å². The number of nitrogens with one attached hydrogen (secondary N) is 1. The van der Waals surface area contributed by atoms with Gasteiger partial charge in [0.05, 0.1) is 0 Å². The van der Waals surface area contributed by atoms with Crippen LogP contribution in [0.1, 0.15) is 26.7 Å². The summed E-state index contributed by atoms with van der Waals surface area (Å²) < 4.78 is 0. The number of hydrogen-bond donors (Lipinski definition) is 1. The monoisotopic (exact) mass is 239 g/mol. The van der Waals surface area contributed by atoms with E-state index in [-0.39, 0.29) is 6.03 Å². The molecule has 1 aliphatic rings. The van der Waals surface area contributed by atoms with E-state index in [4.69, 9.17) is 0 Å². The van der Waals surface area contributed by atoms with Crippen LogP contribution in [0.25, 0.3) is 0 Å². The zero-order valence-corrected chi connectivity index (χ0v) is 11.4. The third kappa shape index (κ3) is 4.77. The Bertz CT molecular complexity index is 268. The van der Waals surface area contributed by atoms with E-state index in [0.717, 1.165) is 25.9 Å². The molecule has 1 N–H and O–H groups in total. The fourth-order valence-electron chi connectivity index (χ4n) is 1.96. The molecule has 2 amide bonds. The first kappa shape index (κ1) is 14.0. The lowest BCUT2D eigenvalue weighted by atomic mass is 10.0. The molecule has 0 radical (unpaired) electrons. The molecule has 98 valence electrons. The Morgan fingerprint density at radius 3 is 2.53 bits per heavy atom. The molecular formula is C13H25N3O. The van der Waals surface area contributed by atoms with Crippen molar-refractivity contribution in [2.24, 2.45) is 5.92 Å². The van der Waals surface area contributed by atoms with Gasteiger partial charge in [-0.15, -0.1) is 0 Å². The SMILES string of the molecule is CC(C)/C=C/NC(=O)N(C)C1CCN(C)CC1. The van der Waals surface area contributed by atoms with Crippen molar-refractivity contribution in [3.8, 4) is 0 Å². The summed E-state index contributed by atoms with van der Waals surface area (Å²) in [5, 5.41) is 2.82. The molecule has 0 spiro atoms. The van der Waals surface area contributed by atoms with Crippen LogP contribution in [0.15, 0.2) is 12.3 Å². The predicted molar refractivity (Wildman–Crippen MR) is 70.8 cm³/mol. The summed E-state index contributed by atoms with van der Waals surface area (Å²) in [6.45, 7) is 6.32. The molecule has 1 rings (SSSR count). The molecule has 0 atom stereocenters. The maximum absolute atomic E-state index is 11.9. The fourth-order valence-corrected chi connectivity index (χ4v) is 1.96. The average Bonchev–Trinajstić information content (AvgIpc) is 2.28. The minimum atomic E-state index is -0.00328. The lowest BCUT2D eigenvalue weighted by Crippen LogP contribution is -2.47. The zero-order valence-electron chi connectivity index (χ0n) is 11.4. The van der Waals surface area contributed by atoms with Gasteiger partial charge in [0.1, 0.15) is 0 Å². The van der Waals surface area contributed by atoms with Gasteiger partial charge in [-0.3, -0.25) is 0 Å². The second-order valence-electron chi connectivity index (χ2n) is 5.20. The van der Waals surface area contributed by atoms with Crippen molar-refractivity contribution in [2.75, 3.05) is 27.2 Å². The first-order valence-corrected chi connectivity index (χ1v) is 6.39. The molecule has 0 saturated carbocycles. The van der Waals surface area contributed by atoms with E-state index in [2.05, 4.69) is 31.1 Å².